The predicted octanol–water partition coefficient (Wildman–Crippen LogP) is 14.7. The van der Waals surface area contributed by atoms with Crippen LogP contribution in [0.15, 0.2) is 157 Å². The lowest BCUT2D eigenvalue weighted by Gasteiger charge is -2.40. The van der Waals surface area contributed by atoms with E-state index in [0.29, 0.717) is 12.0 Å². The molecule has 0 saturated heterocycles. The molecule has 0 amide bonds. The maximum Gasteiger partial charge on any atom is 0.0638 e. The summed E-state index contributed by atoms with van der Waals surface area (Å²) >= 11 is 0. The fraction of sp³-hybridized carbons (Fsp3) is 0.226. The van der Waals surface area contributed by atoms with E-state index in [1.165, 1.54) is 91.0 Å². The standard InChI is InChI=1S/C18H26.C17H14.C16H13N.C2H2/c1-4-13-18(14-7-6-8-15(18)3)17-11-9-16(5-2)10-12-17;1-12(2)17-11-13-7-3-4-8-14(13)15-9-5-6-10-16(15)17;1-17-11-13-10-12-6-2-3-7-14(12)16-9-5-4-8-15(13)16;1-2/h7,9-12,14-15H,4-6,8,13H2,1-3H3;3-11H,1H2,2H3;2-10H,1,11H2;1-2H. The molecule has 1 heteroatoms. The molecule has 0 saturated carbocycles. The highest BCUT2D eigenvalue weighted by Crippen LogP contribution is 2.43. The normalized spacial score (nSPS) is 16.0. The van der Waals surface area contributed by atoms with Crippen molar-refractivity contribution in [3.63, 3.8) is 0 Å². The Morgan fingerprint density at radius 2 is 1.22 bits per heavy atom. The van der Waals surface area contributed by atoms with Crippen LogP contribution in [0, 0.1) is 18.8 Å². The molecular formula is C53H55N. The molecule has 0 N–H and O–H groups in total. The van der Waals surface area contributed by atoms with Crippen LogP contribution in [0.1, 0.15) is 75.6 Å². The van der Waals surface area contributed by atoms with Gasteiger partial charge in [0.25, 0.3) is 0 Å². The molecule has 1 nitrogen and oxygen atoms in total. The second kappa shape index (κ2) is 18.9. The smallest absolute Gasteiger partial charge is 0.0638 e. The Morgan fingerprint density at radius 1 is 0.704 bits per heavy atom. The Kier molecular flexibility index (Phi) is 13.8. The van der Waals surface area contributed by atoms with Gasteiger partial charge in [0.15, 0.2) is 0 Å². The van der Waals surface area contributed by atoms with E-state index in [2.05, 4.69) is 204 Å². The Bertz CT molecular complexity index is 2390. The van der Waals surface area contributed by atoms with Crippen molar-refractivity contribution in [3.8, 4) is 12.8 Å². The SMILES string of the molecule is C#C.C=C(C)c1cc2ccccc2c2ccccc12.C=NCc1cc2ccccc2c2ccccc12.CCCC1(c2ccc(CC)cc2)C=CCCC1C. The number of nitrogens with zero attached hydrogens (tertiary/aromatic N) is 1. The molecule has 1 aliphatic carbocycles. The number of hydrogen-bond acceptors (Lipinski definition) is 1. The lowest BCUT2D eigenvalue weighted by molar-refractivity contribution is 0.301. The Hall–Kier alpha value is -5.71. The molecule has 0 heterocycles. The van der Waals surface area contributed by atoms with E-state index in [0.717, 1.165) is 17.9 Å². The first kappa shape index (κ1) is 39.5. The minimum atomic E-state index is 0.291. The van der Waals surface area contributed by atoms with Crippen LogP contribution in [0.2, 0.25) is 0 Å². The van der Waals surface area contributed by atoms with Crippen molar-refractivity contribution in [1.82, 2.24) is 0 Å². The number of fused-ring (bicyclic) bond motifs is 6. The number of aliphatic imine (C=N–C) groups is 1. The first-order valence-electron chi connectivity index (χ1n) is 19.4. The van der Waals surface area contributed by atoms with Gasteiger partial charge in [-0.05, 0) is 123 Å². The first-order valence-corrected chi connectivity index (χ1v) is 19.4. The molecule has 0 aromatic heterocycles. The highest BCUT2D eigenvalue weighted by atomic mass is 14.7. The zero-order valence-corrected chi connectivity index (χ0v) is 32.7. The highest BCUT2D eigenvalue weighted by Gasteiger charge is 2.35. The van der Waals surface area contributed by atoms with E-state index in [1.54, 1.807) is 0 Å². The number of benzene rings is 7. The van der Waals surface area contributed by atoms with E-state index >= 15 is 0 Å². The van der Waals surface area contributed by atoms with Crippen LogP contribution in [0.3, 0.4) is 0 Å². The number of aryl methyl sites for hydroxylation is 1. The Balaban J connectivity index is 0.000000152. The number of rotatable bonds is 7. The van der Waals surface area contributed by atoms with Gasteiger partial charge in [0, 0.05) is 5.41 Å². The van der Waals surface area contributed by atoms with Gasteiger partial charge in [-0.15, -0.1) is 12.8 Å². The Labute approximate surface area is 324 Å². The van der Waals surface area contributed by atoms with E-state index < -0.39 is 0 Å². The summed E-state index contributed by atoms with van der Waals surface area (Å²) in [6.45, 7) is 17.4. The minimum absolute atomic E-state index is 0.291. The van der Waals surface area contributed by atoms with Crippen LogP contribution >= 0.6 is 0 Å². The largest absolute Gasteiger partial charge is 0.296 e. The molecule has 1 aliphatic rings. The molecule has 54 heavy (non-hydrogen) atoms. The predicted molar refractivity (Wildman–Crippen MR) is 241 cm³/mol. The second-order valence-corrected chi connectivity index (χ2v) is 14.4. The Morgan fingerprint density at radius 3 is 1.76 bits per heavy atom. The summed E-state index contributed by atoms with van der Waals surface area (Å²) in [5.41, 5.74) is 6.86. The highest BCUT2D eigenvalue weighted by molar-refractivity contribution is 6.11. The zero-order valence-electron chi connectivity index (χ0n) is 32.7. The van der Waals surface area contributed by atoms with Gasteiger partial charge in [-0.2, -0.15) is 0 Å². The molecule has 0 radical (unpaired) electrons. The summed E-state index contributed by atoms with van der Waals surface area (Å²) in [7, 11) is 0. The van der Waals surface area contributed by atoms with Crippen molar-refractivity contribution in [2.45, 2.75) is 71.8 Å². The number of allylic oxidation sites excluding steroid dienone is 3. The molecule has 7 aromatic rings. The quantitative estimate of drug-likeness (QED) is 0.0677. The van der Waals surface area contributed by atoms with E-state index in [9.17, 15) is 0 Å². The van der Waals surface area contributed by atoms with Gasteiger partial charge in [0.2, 0.25) is 0 Å². The minimum Gasteiger partial charge on any atom is -0.296 e. The van der Waals surface area contributed by atoms with Crippen LogP contribution in [-0.4, -0.2) is 6.72 Å². The number of terminal acetylenes is 1. The van der Waals surface area contributed by atoms with Crippen molar-refractivity contribution < 1.29 is 0 Å². The molecule has 272 valence electrons. The summed E-state index contributed by atoms with van der Waals surface area (Å²) in [4.78, 5) is 4.01. The lowest BCUT2D eigenvalue weighted by atomic mass is 9.64. The summed E-state index contributed by atoms with van der Waals surface area (Å²) in [6, 6.07) is 47.8. The monoisotopic (exact) mass is 705 g/mol. The van der Waals surface area contributed by atoms with E-state index in [1.807, 2.05) is 0 Å². The summed E-state index contributed by atoms with van der Waals surface area (Å²) in [6.07, 6.45) is 19.1. The molecular weight excluding hydrogens is 651 g/mol. The van der Waals surface area contributed by atoms with Crippen molar-refractivity contribution in [2.24, 2.45) is 10.9 Å². The maximum atomic E-state index is 4.08. The maximum absolute atomic E-state index is 4.08. The van der Waals surface area contributed by atoms with Crippen molar-refractivity contribution in [3.05, 3.63) is 174 Å². The van der Waals surface area contributed by atoms with Crippen molar-refractivity contribution in [2.75, 3.05) is 0 Å². The van der Waals surface area contributed by atoms with Crippen LogP contribution < -0.4 is 0 Å². The third-order valence-electron chi connectivity index (χ3n) is 11.0. The van der Waals surface area contributed by atoms with E-state index in [4.69, 9.17) is 0 Å². The first-order chi connectivity index (χ1) is 26.4. The molecule has 0 aliphatic heterocycles. The van der Waals surface area contributed by atoms with Gasteiger partial charge in [-0.25, -0.2) is 0 Å². The van der Waals surface area contributed by atoms with Crippen LogP contribution in [-0.2, 0) is 18.4 Å². The summed E-state index contributed by atoms with van der Waals surface area (Å²) in [5.74, 6) is 0.759. The third kappa shape index (κ3) is 8.56. The third-order valence-corrected chi connectivity index (χ3v) is 11.0. The van der Waals surface area contributed by atoms with Crippen molar-refractivity contribution >= 4 is 55.4 Å². The van der Waals surface area contributed by atoms with Gasteiger partial charge in [0.05, 0.1) is 6.54 Å². The van der Waals surface area contributed by atoms with Crippen LogP contribution in [0.25, 0.3) is 48.7 Å². The topological polar surface area (TPSA) is 12.4 Å². The number of hydrogen-bond donors (Lipinski definition) is 0. The molecule has 7 aromatic carbocycles. The fourth-order valence-electron chi connectivity index (χ4n) is 8.17. The molecule has 8 rings (SSSR count). The summed E-state index contributed by atoms with van der Waals surface area (Å²) in [5, 5.41) is 10.3. The van der Waals surface area contributed by atoms with Crippen LogP contribution in [0.5, 0.6) is 0 Å². The summed E-state index contributed by atoms with van der Waals surface area (Å²) < 4.78 is 0. The molecule has 0 fully saturated rings. The fourth-order valence-corrected chi connectivity index (χ4v) is 8.17. The van der Waals surface area contributed by atoms with Gasteiger partial charge in [-0.1, -0.05) is 173 Å². The van der Waals surface area contributed by atoms with Gasteiger partial charge >= 0.3 is 0 Å². The van der Waals surface area contributed by atoms with Crippen LogP contribution in [0.4, 0.5) is 0 Å². The molecule has 2 unspecified atom stereocenters. The van der Waals surface area contributed by atoms with Crippen molar-refractivity contribution in [1.29, 1.82) is 0 Å². The average molecular weight is 706 g/mol. The lowest BCUT2D eigenvalue weighted by Crippen LogP contribution is -2.33. The molecule has 0 bridgehead atoms. The molecule has 2 atom stereocenters. The molecule has 0 spiro atoms. The average Bonchev–Trinajstić information content (AvgIpc) is 3.23. The zero-order chi connectivity index (χ0) is 38.5. The van der Waals surface area contributed by atoms with E-state index in [-0.39, 0.29) is 0 Å². The van der Waals surface area contributed by atoms with Gasteiger partial charge < -0.3 is 0 Å². The second-order valence-electron chi connectivity index (χ2n) is 14.4. The van der Waals surface area contributed by atoms with Gasteiger partial charge in [-0.3, -0.25) is 4.99 Å². The van der Waals surface area contributed by atoms with Gasteiger partial charge in [0.1, 0.15) is 0 Å².